The molecule has 3 aromatic rings. The van der Waals surface area contributed by atoms with Crippen LogP contribution in [0.25, 0.3) is 11.3 Å². The number of hydrogen-bond acceptors (Lipinski definition) is 6. The number of methoxy groups -OCH3 is 1. The number of benzene rings is 2. The molecule has 2 heterocycles. The van der Waals surface area contributed by atoms with Crippen molar-refractivity contribution in [1.29, 1.82) is 0 Å². The molecule has 1 saturated heterocycles. The summed E-state index contributed by atoms with van der Waals surface area (Å²) < 4.78 is 24.8. The highest BCUT2D eigenvalue weighted by Crippen LogP contribution is 2.34. The van der Waals surface area contributed by atoms with Crippen molar-refractivity contribution >= 4 is 11.8 Å². The Kier molecular flexibility index (Phi) is 7.70. The van der Waals surface area contributed by atoms with Gasteiger partial charge in [-0.2, -0.15) is 0 Å². The highest BCUT2D eigenvalue weighted by atomic mass is 19.1. The molecule has 0 saturated carbocycles. The van der Waals surface area contributed by atoms with Gasteiger partial charge in [-0.05, 0) is 55.4 Å². The maximum Gasteiger partial charge on any atom is 0.254 e. The summed E-state index contributed by atoms with van der Waals surface area (Å²) in [4.78, 5) is 19.9. The molecule has 1 fully saturated rings. The molecule has 1 aromatic heterocycles. The van der Waals surface area contributed by atoms with Gasteiger partial charge in [-0.15, -0.1) is 0 Å². The number of halogens is 1. The molecule has 0 aliphatic carbocycles. The Bertz CT molecular complexity index is 1140. The van der Waals surface area contributed by atoms with Crippen molar-refractivity contribution in [2.45, 2.75) is 20.4 Å². The third-order valence-electron chi connectivity index (χ3n) is 6.21. The number of anilines is 1. The van der Waals surface area contributed by atoms with E-state index in [0.717, 1.165) is 37.3 Å². The largest absolute Gasteiger partial charge is 0.497 e. The number of hydrogen-bond donors (Lipinski definition) is 0. The van der Waals surface area contributed by atoms with Crippen LogP contribution in [0.15, 0.2) is 53.1 Å². The van der Waals surface area contributed by atoms with Crippen LogP contribution in [0.2, 0.25) is 0 Å². The first kappa shape index (κ1) is 24.7. The molecule has 35 heavy (non-hydrogen) atoms. The summed E-state index contributed by atoms with van der Waals surface area (Å²) in [5, 5.41) is 4.39. The van der Waals surface area contributed by atoms with Crippen molar-refractivity contribution in [2.24, 2.45) is 5.92 Å². The first-order chi connectivity index (χ1) is 16.9. The van der Waals surface area contributed by atoms with Crippen LogP contribution in [0.1, 0.15) is 29.8 Å². The van der Waals surface area contributed by atoms with Crippen molar-refractivity contribution in [3.05, 3.63) is 65.5 Å². The monoisotopic (exact) mass is 480 g/mol. The Balaban J connectivity index is 1.73. The smallest absolute Gasteiger partial charge is 0.254 e. The predicted octanol–water partition coefficient (Wildman–Crippen LogP) is 4.54. The molecule has 0 radical (unpaired) electrons. The van der Waals surface area contributed by atoms with Gasteiger partial charge in [0.1, 0.15) is 17.3 Å². The van der Waals surface area contributed by atoms with E-state index in [1.165, 1.54) is 12.1 Å². The number of nitrogens with zero attached hydrogens (tertiary/aromatic N) is 4. The quantitative estimate of drug-likeness (QED) is 0.472. The number of carbonyl (C=O) groups is 1. The number of piperazine rings is 1. The molecule has 8 heteroatoms. The molecule has 0 N–H and O–H groups in total. The highest BCUT2D eigenvalue weighted by molar-refractivity contribution is 5.94. The second kappa shape index (κ2) is 10.9. The van der Waals surface area contributed by atoms with Crippen LogP contribution in [-0.2, 0) is 6.54 Å². The van der Waals surface area contributed by atoms with E-state index in [4.69, 9.17) is 9.26 Å². The number of ether oxygens (including phenoxy) is 1. The molecule has 1 amide bonds. The van der Waals surface area contributed by atoms with Gasteiger partial charge in [0.15, 0.2) is 0 Å². The molecule has 0 spiro atoms. The van der Waals surface area contributed by atoms with Gasteiger partial charge in [0.25, 0.3) is 5.91 Å². The molecule has 0 bridgehead atoms. The number of aromatic nitrogens is 1. The van der Waals surface area contributed by atoms with Gasteiger partial charge in [-0.1, -0.05) is 25.1 Å². The van der Waals surface area contributed by atoms with Gasteiger partial charge in [-0.25, -0.2) is 4.39 Å². The lowest BCUT2D eigenvalue weighted by molar-refractivity contribution is 0.0722. The van der Waals surface area contributed by atoms with Crippen LogP contribution in [0.4, 0.5) is 10.3 Å². The maximum absolute atomic E-state index is 13.6. The van der Waals surface area contributed by atoms with Crippen LogP contribution in [0.3, 0.4) is 0 Å². The lowest BCUT2D eigenvalue weighted by atomic mass is 10.0. The Morgan fingerprint density at radius 1 is 1.14 bits per heavy atom. The van der Waals surface area contributed by atoms with Crippen LogP contribution in [-0.4, -0.2) is 67.7 Å². The van der Waals surface area contributed by atoms with Gasteiger partial charge in [0, 0.05) is 43.9 Å². The fraction of sp³-hybridized carbons (Fsp3) is 0.407. The minimum Gasteiger partial charge on any atom is -0.497 e. The van der Waals surface area contributed by atoms with Gasteiger partial charge < -0.3 is 24.0 Å². The first-order valence-corrected chi connectivity index (χ1v) is 12.0. The molecule has 0 unspecified atom stereocenters. The van der Waals surface area contributed by atoms with Crippen LogP contribution >= 0.6 is 0 Å². The zero-order chi connectivity index (χ0) is 24.9. The van der Waals surface area contributed by atoms with Crippen LogP contribution in [0, 0.1) is 11.7 Å². The number of likely N-dealkylation sites (N-methyl/N-ethyl adjacent to an activating group) is 1. The van der Waals surface area contributed by atoms with Crippen LogP contribution in [0.5, 0.6) is 5.75 Å². The van der Waals surface area contributed by atoms with E-state index in [2.05, 4.69) is 35.9 Å². The average Bonchev–Trinajstić information content (AvgIpc) is 3.27. The van der Waals surface area contributed by atoms with E-state index in [1.54, 1.807) is 31.4 Å². The summed E-state index contributed by atoms with van der Waals surface area (Å²) in [6.07, 6.45) is 0. The van der Waals surface area contributed by atoms with E-state index in [-0.39, 0.29) is 17.6 Å². The summed E-state index contributed by atoms with van der Waals surface area (Å²) >= 11 is 0. The van der Waals surface area contributed by atoms with Crippen molar-refractivity contribution < 1.29 is 18.4 Å². The Hall–Kier alpha value is -3.39. The molecule has 2 aromatic carbocycles. The zero-order valence-electron chi connectivity index (χ0n) is 20.8. The maximum atomic E-state index is 13.6. The molecule has 186 valence electrons. The molecule has 1 aliphatic rings. The normalized spacial score (nSPS) is 14.4. The molecule has 1 aliphatic heterocycles. The van der Waals surface area contributed by atoms with E-state index >= 15 is 0 Å². The van der Waals surface area contributed by atoms with E-state index in [0.29, 0.717) is 36.0 Å². The van der Waals surface area contributed by atoms with Gasteiger partial charge in [-0.3, -0.25) is 4.79 Å². The number of amides is 1. The number of rotatable bonds is 8. The van der Waals surface area contributed by atoms with Gasteiger partial charge >= 0.3 is 0 Å². The predicted molar refractivity (Wildman–Crippen MR) is 134 cm³/mol. The molecule has 7 nitrogen and oxygen atoms in total. The van der Waals surface area contributed by atoms with Crippen molar-refractivity contribution in [3.8, 4) is 17.0 Å². The average molecular weight is 481 g/mol. The summed E-state index contributed by atoms with van der Waals surface area (Å²) in [6, 6.07) is 13.4. The summed E-state index contributed by atoms with van der Waals surface area (Å²) in [6.45, 7) is 8.47. The molecule has 0 atom stereocenters. The van der Waals surface area contributed by atoms with E-state index in [1.807, 2.05) is 17.0 Å². The molecular formula is C27H33FN4O3. The summed E-state index contributed by atoms with van der Waals surface area (Å²) in [7, 11) is 3.68. The second-order valence-electron chi connectivity index (χ2n) is 9.42. The van der Waals surface area contributed by atoms with E-state index in [9.17, 15) is 9.18 Å². The lowest BCUT2D eigenvalue weighted by Gasteiger charge is -2.33. The SMILES string of the molecule is COc1cccc(C(=O)N(Cc2c(-c3ccc(F)cc3)noc2N2CCN(C)CC2)CC(C)C)c1. The van der Waals surface area contributed by atoms with Crippen LogP contribution < -0.4 is 9.64 Å². The Morgan fingerprint density at radius 2 is 1.86 bits per heavy atom. The fourth-order valence-corrected chi connectivity index (χ4v) is 4.33. The minimum atomic E-state index is -0.312. The van der Waals surface area contributed by atoms with Gasteiger partial charge in [0.2, 0.25) is 5.88 Å². The third kappa shape index (κ3) is 5.82. The standard InChI is InChI=1S/C27H33FN4O3/c1-19(2)17-32(26(33)21-6-5-7-23(16-21)34-4)18-24-25(20-8-10-22(28)11-9-20)29-35-27(24)31-14-12-30(3)13-15-31/h5-11,16,19H,12-15,17-18H2,1-4H3. The summed E-state index contributed by atoms with van der Waals surface area (Å²) in [5.41, 5.74) is 2.78. The first-order valence-electron chi connectivity index (χ1n) is 12.0. The Morgan fingerprint density at radius 3 is 2.51 bits per heavy atom. The van der Waals surface area contributed by atoms with Crippen molar-refractivity contribution in [2.75, 3.05) is 51.8 Å². The molecule has 4 rings (SSSR count). The minimum absolute atomic E-state index is 0.0896. The van der Waals surface area contributed by atoms with Gasteiger partial charge in [0.05, 0.1) is 19.2 Å². The van der Waals surface area contributed by atoms with E-state index < -0.39 is 0 Å². The number of carbonyl (C=O) groups excluding carboxylic acids is 1. The van der Waals surface area contributed by atoms with Crippen molar-refractivity contribution in [1.82, 2.24) is 15.0 Å². The summed E-state index contributed by atoms with van der Waals surface area (Å²) in [5.74, 6) is 1.16. The zero-order valence-corrected chi connectivity index (χ0v) is 20.8. The van der Waals surface area contributed by atoms with Crippen molar-refractivity contribution in [3.63, 3.8) is 0 Å². The topological polar surface area (TPSA) is 62.1 Å². The fourth-order valence-electron chi connectivity index (χ4n) is 4.33. The Labute approximate surface area is 206 Å². The third-order valence-corrected chi connectivity index (χ3v) is 6.21. The second-order valence-corrected chi connectivity index (χ2v) is 9.42. The lowest BCUT2D eigenvalue weighted by Crippen LogP contribution is -2.45. The highest BCUT2D eigenvalue weighted by Gasteiger charge is 2.28. The molecular weight excluding hydrogens is 447 g/mol.